The van der Waals surface area contributed by atoms with Crippen LogP contribution in [-0.4, -0.2) is 63.9 Å². The molecule has 2 amide bonds. The zero-order chi connectivity index (χ0) is 19.9. The van der Waals surface area contributed by atoms with Gasteiger partial charge in [-0.05, 0) is 44.9 Å². The number of nitrogens with one attached hydrogen (secondary N) is 1. The number of carboxylic acids is 1. The Kier molecular flexibility index (Phi) is 5.56. The molecule has 0 aromatic rings. The quantitative estimate of drug-likeness (QED) is 0.647. The van der Waals surface area contributed by atoms with Gasteiger partial charge in [0.2, 0.25) is 5.91 Å². The molecular weight excluding hydrogens is 340 g/mol. The molecule has 3 N–H and O–H groups in total. The molecule has 2 rings (SSSR count). The van der Waals surface area contributed by atoms with Gasteiger partial charge in [0.25, 0.3) is 0 Å². The fourth-order valence-corrected chi connectivity index (χ4v) is 4.00. The Morgan fingerprint density at radius 1 is 1.31 bits per heavy atom. The minimum Gasteiger partial charge on any atom is -0.480 e. The fourth-order valence-electron chi connectivity index (χ4n) is 4.00. The van der Waals surface area contributed by atoms with E-state index in [2.05, 4.69) is 5.32 Å². The lowest BCUT2D eigenvalue weighted by Gasteiger charge is -2.32. The summed E-state index contributed by atoms with van der Waals surface area (Å²) in [5.41, 5.74) is -0.795. The van der Waals surface area contributed by atoms with Gasteiger partial charge in [0.05, 0.1) is 0 Å². The Balaban J connectivity index is 2.11. The van der Waals surface area contributed by atoms with Crippen LogP contribution < -0.4 is 5.32 Å². The zero-order valence-corrected chi connectivity index (χ0v) is 16.1. The number of aliphatic hydroxyl groups excluding tert-OH is 1. The molecule has 0 bridgehead atoms. The van der Waals surface area contributed by atoms with Crippen LogP contribution in [0, 0.1) is 17.3 Å². The molecule has 148 valence electrons. The summed E-state index contributed by atoms with van der Waals surface area (Å²) in [6.07, 6.45) is -0.197. The minimum absolute atomic E-state index is 0.0658. The minimum atomic E-state index is -1.02. The second kappa shape index (κ2) is 7.06. The van der Waals surface area contributed by atoms with Crippen LogP contribution in [0.2, 0.25) is 0 Å². The highest BCUT2D eigenvalue weighted by Gasteiger charge is 2.69. The Morgan fingerprint density at radius 3 is 2.42 bits per heavy atom. The predicted molar refractivity (Wildman–Crippen MR) is 93.4 cm³/mol. The lowest BCUT2D eigenvalue weighted by molar-refractivity contribution is -0.151. The largest absolute Gasteiger partial charge is 0.480 e. The van der Waals surface area contributed by atoms with Crippen LogP contribution in [0.15, 0.2) is 0 Å². The van der Waals surface area contributed by atoms with Crippen molar-refractivity contribution in [1.82, 2.24) is 10.2 Å². The summed E-state index contributed by atoms with van der Waals surface area (Å²) in [5, 5.41) is 21.2. The highest BCUT2D eigenvalue weighted by molar-refractivity contribution is 5.90. The summed E-state index contributed by atoms with van der Waals surface area (Å²) >= 11 is 0. The first-order valence-electron chi connectivity index (χ1n) is 9.04. The molecule has 2 aliphatic rings. The SMILES string of the molecule is CC(C)(C)OC(=O)NC(CCCO)C(=O)N1CC2[C@@H]([C@H]1C(=O)O)C2(C)C. The van der Waals surface area contributed by atoms with Gasteiger partial charge in [0, 0.05) is 19.1 Å². The van der Waals surface area contributed by atoms with Crippen LogP contribution in [0.3, 0.4) is 0 Å². The number of ether oxygens (including phenoxy) is 1. The van der Waals surface area contributed by atoms with E-state index >= 15 is 0 Å². The molecule has 1 aliphatic heterocycles. The molecule has 2 fully saturated rings. The molecule has 1 saturated carbocycles. The van der Waals surface area contributed by atoms with Crippen molar-refractivity contribution >= 4 is 18.0 Å². The van der Waals surface area contributed by atoms with Crippen LogP contribution in [-0.2, 0) is 14.3 Å². The monoisotopic (exact) mass is 370 g/mol. The van der Waals surface area contributed by atoms with Gasteiger partial charge in [-0.15, -0.1) is 0 Å². The van der Waals surface area contributed by atoms with Crippen LogP contribution in [0.4, 0.5) is 4.79 Å². The van der Waals surface area contributed by atoms with Crippen molar-refractivity contribution in [3.63, 3.8) is 0 Å². The molecule has 0 aromatic heterocycles. The van der Waals surface area contributed by atoms with E-state index < -0.39 is 35.7 Å². The van der Waals surface area contributed by atoms with Crippen molar-refractivity contribution in [1.29, 1.82) is 0 Å². The summed E-state index contributed by atoms with van der Waals surface area (Å²) in [6, 6.07) is -1.79. The van der Waals surface area contributed by atoms with Crippen LogP contribution in [0.25, 0.3) is 0 Å². The van der Waals surface area contributed by atoms with Gasteiger partial charge in [-0.3, -0.25) is 4.79 Å². The third-order valence-corrected chi connectivity index (χ3v) is 5.38. The zero-order valence-electron chi connectivity index (χ0n) is 16.1. The summed E-state index contributed by atoms with van der Waals surface area (Å²) in [7, 11) is 0. The molecule has 2 unspecified atom stereocenters. The maximum atomic E-state index is 13.0. The van der Waals surface area contributed by atoms with Crippen molar-refractivity contribution in [2.45, 2.75) is 65.1 Å². The maximum absolute atomic E-state index is 13.0. The van der Waals surface area contributed by atoms with Crippen molar-refractivity contribution in [3.8, 4) is 0 Å². The van der Waals surface area contributed by atoms with Gasteiger partial charge in [-0.1, -0.05) is 13.8 Å². The first kappa shape index (κ1) is 20.5. The standard InChI is InChI=1S/C18H30N2O6/c1-17(2,3)26-16(25)19-11(7-6-8-21)14(22)20-9-10-12(18(10,4)5)13(20)15(23)24/h10-13,21H,6-9H2,1-5H3,(H,19,25)(H,23,24)/t10?,11?,12-,13-/m0/s1. The number of likely N-dealkylation sites (tertiary alicyclic amines) is 1. The molecule has 0 aromatic carbocycles. The summed E-state index contributed by atoms with van der Waals surface area (Å²) in [6.45, 7) is 9.43. The van der Waals surface area contributed by atoms with Gasteiger partial charge in [-0.25, -0.2) is 9.59 Å². The molecule has 8 heteroatoms. The first-order valence-corrected chi connectivity index (χ1v) is 9.04. The van der Waals surface area contributed by atoms with Crippen LogP contribution in [0.1, 0.15) is 47.5 Å². The topological polar surface area (TPSA) is 116 Å². The third kappa shape index (κ3) is 4.11. The summed E-state index contributed by atoms with van der Waals surface area (Å²) < 4.78 is 5.20. The van der Waals surface area contributed by atoms with Gasteiger partial charge < -0.3 is 25.2 Å². The van der Waals surface area contributed by atoms with Gasteiger partial charge in [0.15, 0.2) is 0 Å². The maximum Gasteiger partial charge on any atom is 0.408 e. The number of carboxylic acid groups (broad SMARTS) is 1. The molecule has 0 radical (unpaired) electrons. The first-order chi connectivity index (χ1) is 11.9. The van der Waals surface area contributed by atoms with E-state index in [1.54, 1.807) is 20.8 Å². The van der Waals surface area contributed by atoms with E-state index in [-0.39, 0.29) is 30.3 Å². The second-order valence-corrected chi connectivity index (χ2v) is 8.79. The van der Waals surface area contributed by atoms with Crippen molar-refractivity contribution in [2.75, 3.05) is 13.2 Å². The Hall–Kier alpha value is -1.83. The molecular formula is C18H30N2O6. The number of aliphatic hydroxyl groups is 1. The van der Waals surface area contributed by atoms with Gasteiger partial charge in [-0.2, -0.15) is 0 Å². The smallest absolute Gasteiger partial charge is 0.408 e. The highest BCUT2D eigenvalue weighted by atomic mass is 16.6. The summed E-state index contributed by atoms with van der Waals surface area (Å²) in [5.74, 6) is -1.36. The Bertz CT molecular complexity index is 583. The number of amides is 2. The highest BCUT2D eigenvalue weighted by Crippen LogP contribution is 2.64. The number of piperidine rings is 1. The van der Waals surface area contributed by atoms with Crippen molar-refractivity contribution in [3.05, 3.63) is 0 Å². The molecule has 26 heavy (non-hydrogen) atoms. The third-order valence-electron chi connectivity index (χ3n) is 5.38. The molecule has 4 atom stereocenters. The lowest BCUT2D eigenvalue weighted by Crippen LogP contribution is -2.54. The van der Waals surface area contributed by atoms with Crippen molar-refractivity contribution < 1.29 is 29.3 Å². The molecule has 1 heterocycles. The van der Waals surface area contributed by atoms with Gasteiger partial charge in [0.1, 0.15) is 17.7 Å². The number of carbonyl (C=O) groups excluding carboxylic acids is 2. The number of rotatable bonds is 6. The molecule has 8 nitrogen and oxygen atoms in total. The predicted octanol–water partition coefficient (Wildman–Crippen LogP) is 1.22. The molecule has 1 saturated heterocycles. The van der Waals surface area contributed by atoms with E-state index in [4.69, 9.17) is 9.84 Å². The van der Waals surface area contributed by atoms with Gasteiger partial charge >= 0.3 is 12.1 Å². The van der Waals surface area contributed by atoms with E-state index in [0.29, 0.717) is 13.0 Å². The Labute approximate surface area is 153 Å². The van der Waals surface area contributed by atoms with E-state index in [1.165, 1.54) is 4.90 Å². The number of nitrogens with zero attached hydrogens (tertiary/aromatic N) is 1. The number of alkyl carbamates (subject to hydrolysis) is 1. The van der Waals surface area contributed by atoms with Crippen molar-refractivity contribution in [2.24, 2.45) is 17.3 Å². The lowest BCUT2D eigenvalue weighted by atomic mass is 10.00. The average Bonchev–Trinajstić information content (AvgIpc) is 2.84. The second-order valence-electron chi connectivity index (χ2n) is 8.79. The number of aliphatic carboxylic acids is 1. The van der Waals surface area contributed by atoms with E-state index in [1.807, 2.05) is 13.8 Å². The Morgan fingerprint density at radius 2 is 1.92 bits per heavy atom. The number of hydrogen-bond acceptors (Lipinski definition) is 5. The number of fused-ring (bicyclic) bond motifs is 1. The normalized spacial score (nSPS) is 27.5. The van der Waals surface area contributed by atoms with E-state index in [9.17, 15) is 19.5 Å². The average molecular weight is 370 g/mol. The molecule has 0 spiro atoms. The summed E-state index contributed by atoms with van der Waals surface area (Å²) in [4.78, 5) is 38.1. The number of hydrogen-bond donors (Lipinski definition) is 3. The van der Waals surface area contributed by atoms with Crippen LogP contribution in [0.5, 0.6) is 0 Å². The van der Waals surface area contributed by atoms with Crippen LogP contribution >= 0.6 is 0 Å². The fraction of sp³-hybridized carbons (Fsp3) is 0.833. The number of carbonyl (C=O) groups is 3. The molecule has 1 aliphatic carbocycles. The van der Waals surface area contributed by atoms with E-state index in [0.717, 1.165) is 0 Å².